The van der Waals surface area contributed by atoms with Crippen LogP contribution in [0.4, 0.5) is 0 Å². The Labute approximate surface area is 79.7 Å². The molecule has 1 atom stereocenters. The molecule has 1 saturated carbocycles. The van der Waals surface area contributed by atoms with Gasteiger partial charge in [-0.3, -0.25) is 0 Å². The first-order chi connectivity index (χ1) is 5.62. The Morgan fingerprint density at radius 1 is 1.67 bits per heavy atom. The molecule has 0 saturated heterocycles. The van der Waals surface area contributed by atoms with Gasteiger partial charge in [0.2, 0.25) is 0 Å². The summed E-state index contributed by atoms with van der Waals surface area (Å²) in [4.78, 5) is 0. The summed E-state index contributed by atoms with van der Waals surface area (Å²) in [5, 5.41) is 10.1. The van der Waals surface area contributed by atoms with Crippen LogP contribution in [0.2, 0.25) is 0 Å². The number of halogens is 1. The van der Waals surface area contributed by atoms with E-state index in [1.54, 1.807) is 6.26 Å². The van der Waals surface area contributed by atoms with Crippen LogP contribution in [0.25, 0.3) is 0 Å². The van der Waals surface area contributed by atoms with Crippen molar-refractivity contribution in [2.75, 3.05) is 0 Å². The summed E-state index contributed by atoms with van der Waals surface area (Å²) in [6.45, 7) is 1.81. The molecule has 1 aromatic heterocycles. The maximum atomic E-state index is 10.1. The van der Waals surface area contributed by atoms with E-state index in [0.29, 0.717) is 11.7 Å². The van der Waals surface area contributed by atoms with E-state index in [1.807, 2.05) is 13.0 Å². The van der Waals surface area contributed by atoms with Gasteiger partial charge in [-0.05, 0) is 47.7 Å². The van der Waals surface area contributed by atoms with Gasteiger partial charge >= 0.3 is 0 Å². The van der Waals surface area contributed by atoms with Crippen molar-refractivity contribution in [1.29, 1.82) is 0 Å². The summed E-state index contributed by atoms with van der Waals surface area (Å²) in [5.41, 5.74) is -0.789. The Balaban J connectivity index is 2.33. The molecule has 2 nitrogen and oxygen atoms in total. The van der Waals surface area contributed by atoms with Crippen LogP contribution < -0.4 is 0 Å². The van der Waals surface area contributed by atoms with Gasteiger partial charge in [0.25, 0.3) is 0 Å². The van der Waals surface area contributed by atoms with E-state index in [1.165, 1.54) is 0 Å². The van der Waals surface area contributed by atoms with Crippen molar-refractivity contribution < 1.29 is 9.52 Å². The van der Waals surface area contributed by atoms with Gasteiger partial charge in [-0.15, -0.1) is 0 Å². The predicted octanol–water partition coefficient (Wildman–Crippen LogP) is 2.66. The Kier molecular flexibility index (Phi) is 1.81. The van der Waals surface area contributed by atoms with Crippen molar-refractivity contribution in [2.45, 2.75) is 25.4 Å². The van der Waals surface area contributed by atoms with Crippen molar-refractivity contribution in [3.8, 4) is 0 Å². The smallest absolute Gasteiger partial charge is 0.149 e. The lowest BCUT2D eigenvalue weighted by Gasteiger charge is -2.20. The zero-order chi connectivity index (χ0) is 8.77. The van der Waals surface area contributed by atoms with Crippen LogP contribution in [0.3, 0.4) is 0 Å². The molecule has 0 aliphatic heterocycles. The number of hydrogen-bond acceptors (Lipinski definition) is 2. The molecule has 1 N–H and O–H groups in total. The summed E-state index contributed by atoms with van der Waals surface area (Å²) in [6.07, 6.45) is 3.79. The Morgan fingerprint density at radius 2 is 2.33 bits per heavy atom. The van der Waals surface area contributed by atoms with Gasteiger partial charge in [-0.2, -0.15) is 0 Å². The van der Waals surface area contributed by atoms with E-state index in [9.17, 15) is 5.11 Å². The first-order valence-electron chi connectivity index (χ1n) is 4.08. The molecular formula is C9H11BrO2. The van der Waals surface area contributed by atoms with Crippen LogP contribution in [0, 0.1) is 5.92 Å². The summed E-state index contributed by atoms with van der Waals surface area (Å²) in [7, 11) is 0. The van der Waals surface area contributed by atoms with Crippen molar-refractivity contribution in [1.82, 2.24) is 0 Å². The second-order valence-corrected chi connectivity index (χ2v) is 4.37. The van der Waals surface area contributed by atoms with Crippen LogP contribution in [-0.2, 0) is 5.60 Å². The molecule has 2 rings (SSSR count). The van der Waals surface area contributed by atoms with E-state index >= 15 is 0 Å². The molecule has 0 bridgehead atoms. The highest BCUT2D eigenvalue weighted by Gasteiger charge is 2.44. The van der Waals surface area contributed by atoms with Gasteiger partial charge in [-0.1, -0.05) is 0 Å². The molecular weight excluding hydrogens is 220 g/mol. The molecule has 1 aliphatic carbocycles. The van der Waals surface area contributed by atoms with Gasteiger partial charge in [0.05, 0.1) is 10.7 Å². The first-order valence-corrected chi connectivity index (χ1v) is 4.87. The number of aliphatic hydroxyl groups is 1. The fourth-order valence-electron chi connectivity index (χ4n) is 1.49. The normalized spacial score (nSPS) is 22.2. The summed E-state index contributed by atoms with van der Waals surface area (Å²) in [5.74, 6) is 1.03. The molecule has 1 unspecified atom stereocenters. The second kappa shape index (κ2) is 2.60. The number of hydrogen-bond donors (Lipinski definition) is 1. The van der Waals surface area contributed by atoms with Crippen LogP contribution in [0.1, 0.15) is 25.5 Å². The summed E-state index contributed by atoms with van der Waals surface area (Å²) in [6, 6.07) is 1.81. The van der Waals surface area contributed by atoms with Gasteiger partial charge in [0.1, 0.15) is 11.4 Å². The highest BCUT2D eigenvalue weighted by atomic mass is 79.9. The molecule has 0 spiro atoms. The molecule has 12 heavy (non-hydrogen) atoms. The molecule has 66 valence electrons. The van der Waals surface area contributed by atoms with Crippen LogP contribution in [0.15, 0.2) is 21.2 Å². The van der Waals surface area contributed by atoms with Crippen molar-refractivity contribution in [3.63, 3.8) is 0 Å². The van der Waals surface area contributed by atoms with Gasteiger partial charge in [0.15, 0.2) is 0 Å². The monoisotopic (exact) mass is 230 g/mol. The standard InChI is InChI=1S/C9H11BrO2/c1-9(11,6-2-3-6)8-7(10)4-5-12-8/h4-6,11H,2-3H2,1H3. The molecule has 1 fully saturated rings. The average Bonchev–Trinajstić information content (AvgIpc) is 2.75. The number of furan rings is 1. The molecule has 1 aromatic rings. The lowest BCUT2D eigenvalue weighted by atomic mass is 9.98. The first kappa shape index (κ1) is 8.32. The van der Waals surface area contributed by atoms with E-state index < -0.39 is 5.60 Å². The van der Waals surface area contributed by atoms with Crippen molar-refractivity contribution in [3.05, 3.63) is 22.6 Å². The zero-order valence-electron chi connectivity index (χ0n) is 6.88. The van der Waals surface area contributed by atoms with Crippen LogP contribution in [-0.4, -0.2) is 5.11 Å². The zero-order valence-corrected chi connectivity index (χ0v) is 8.47. The average molecular weight is 231 g/mol. The third kappa shape index (κ3) is 1.21. The third-order valence-corrected chi connectivity index (χ3v) is 3.07. The van der Waals surface area contributed by atoms with E-state index in [-0.39, 0.29) is 0 Å². The highest BCUT2D eigenvalue weighted by Crippen LogP contribution is 2.47. The Morgan fingerprint density at radius 3 is 2.75 bits per heavy atom. The van der Waals surface area contributed by atoms with Gasteiger partial charge in [-0.25, -0.2) is 0 Å². The minimum Gasteiger partial charge on any atom is -0.465 e. The summed E-state index contributed by atoms with van der Waals surface area (Å²) >= 11 is 3.34. The molecule has 0 amide bonds. The summed E-state index contributed by atoms with van der Waals surface area (Å²) < 4.78 is 6.09. The van der Waals surface area contributed by atoms with E-state index in [2.05, 4.69) is 15.9 Å². The van der Waals surface area contributed by atoms with Crippen molar-refractivity contribution >= 4 is 15.9 Å². The highest BCUT2D eigenvalue weighted by molar-refractivity contribution is 9.10. The Bertz CT molecular complexity index is 286. The maximum Gasteiger partial charge on any atom is 0.149 e. The SMILES string of the molecule is CC(O)(c1occc1Br)C1CC1. The third-order valence-electron chi connectivity index (χ3n) is 2.45. The molecule has 3 heteroatoms. The fourth-order valence-corrected chi connectivity index (χ4v) is 2.09. The molecule has 0 aromatic carbocycles. The van der Waals surface area contributed by atoms with Gasteiger partial charge < -0.3 is 9.52 Å². The lowest BCUT2D eigenvalue weighted by Crippen LogP contribution is -2.23. The maximum absolute atomic E-state index is 10.1. The lowest BCUT2D eigenvalue weighted by molar-refractivity contribution is 0.0104. The Hall–Kier alpha value is -0.280. The fraction of sp³-hybridized carbons (Fsp3) is 0.556. The molecule has 0 radical (unpaired) electrons. The van der Waals surface area contributed by atoms with Crippen LogP contribution >= 0.6 is 15.9 Å². The largest absolute Gasteiger partial charge is 0.465 e. The predicted molar refractivity (Wildman–Crippen MR) is 48.7 cm³/mol. The topological polar surface area (TPSA) is 33.4 Å². The quantitative estimate of drug-likeness (QED) is 0.848. The van der Waals surface area contributed by atoms with Crippen molar-refractivity contribution in [2.24, 2.45) is 5.92 Å². The van der Waals surface area contributed by atoms with Crippen LogP contribution in [0.5, 0.6) is 0 Å². The molecule has 1 heterocycles. The molecule has 1 aliphatic rings. The minimum absolute atomic E-state index is 0.375. The van der Waals surface area contributed by atoms with E-state index in [0.717, 1.165) is 17.3 Å². The van der Waals surface area contributed by atoms with Gasteiger partial charge in [0, 0.05) is 0 Å². The second-order valence-electron chi connectivity index (χ2n) is 3.52. The van der Waals surface area contributed by atoms with E-state index in [4.69, 9.17) is 4.42 Å². The minimum atomic E-state index is -0.789. The number of rotatable bonds is 2.